The number of hydrogen-bond acceptors (Lipinski definition) is 3. The maximum absolute atomic E-state index is 13.6. The third-order valence-electron chi connectivity index (χ3n) is 4.64. The molecule has 0 spiro atoms. The molecule has 0 amide bonds. The Morgan fingerprint density at radius 2 is 1.95 bits per heavy atom. The summed E-state index contributed by atoms with van der Waals surface area (Å²) in [6.07, 6.45) is 4.59. The number of rotatable bonds is 2. The molecule has 2 N–H and O–H groups in total. The monoisotopic (exact) mass is 307 g/mol. The Kier molecular flexibility index (Phi) is 4.06. The Labute approximate surface area is 130 Å². The third kappa shape index (κ3) is 3.08. The first kappa shape index (κ1) is 15.3. The largest absolute Gasteiger partial charge is 0.399 e. The van der Waals surface area contributed by atoms with Gasteiger partial charge in [0.2, 0.25) is 5.92 Å². The highest BCUT2D eigenvalue weighted by atomic mass is 19.3. The SMILES string of the molecule is C=C(N)c1cc2c(nc1N1CCCC(F)(F)CC1)CCCC2. The average molecular weight is 307 g/mol. The second-order valence-corrected chi connectivity index (χ2v) is 6.39. The van der Waals surface area contributed by atoms with Gasteiger partial charge in [0.15, 0.2) is 0 Å². The summed E-state index contributed by atoms with van der Waals surface area (Å²) in [5.41, 5.74) is 9.55. The molecule has 0 radical (unpaired) electrons. The molecule has 1 fully saturated rings. The van der Waals surface area contributed by atoms with Crippen molar-refractivity contribution in [3.63, 3.8) is 0 Å². The summed E-state index contributed by atoms with van der Waals surface area (Å²) in [6.45, 7) is 4.76. The van der Waals surface area contributed by atoms with Gasteiger partial charge in [0.05, 0.1) is 0 Å². The molecule has 1 saturated heterocycles. The van der Waals surface area contributed by atoms with Gasteiger partial charge in [-0.15, -0.1) is 0 Å². The van der Waals surface area contributed by atoms with E-state index in [1.54, 1.807) is 0 Å². The lowest BCUT2D eigenvalue weighted by Crippen LogP contribution is -2.28. The van der Waals surface area contributed by atoms with Gasteiger partial charge in [-0.3, -0.25) is 0 Å². The lowest BCUT2D eigenvalue weighted by Gasteiger charge is -2.27. The van der Waals surface area contributed by atoms with E-state index in [1.165, 1.54) is 12.0 Å². The molecule has 0 unspecified atom stereocenters. The van der Waals surface area contributed by atoms with Crippen molar-refractivity contribution in [1.82, 2.24) is 4.98 Å². The summed E-state index contributed by atoms with van der Waals surface area (Å²) in [4.78, 5) is 6.75. The Balaban J connectivity index is 1.96. The van der Waals surface area contributed by atoms with Gasteiger partial charge >= 0.3 is 0 Å². The van der Waals surface area contributed by atoms with Crippen molar-refractivity contribution in [2.24, 2.45) is 5.73 Å². The van der Waals surface area contributed by atoms with Gasteiger partial charge in [-0.2, -0.15) is 0 Å². The Morgan fingerprint density at radius 1 is 1.18 bits per heavy atom. The number of halogens is 2. The highest BCUT2D eigenvalue weighted by Crippen LogP contribution is 2.33. The van der Waals surface area contributed by atoms with Crippen LogP contribution >= 0.6 is 0 Å². The number of alkyl halides is 2. The van der Waals surface area contributed by atoms with Crippen LogP contribution in [0.1, 0.15) is 48.9 Å². The molecule has 3 rings (SSSR count). The maximum atomic E-state index is 13.6. The number of nitrogens with zero attached hydrogens (tertiary/aromatic N) is 2. The minimum atomic E-state index is -2.57. The Morgan fingerprint density at radius 3 is 2.73 bits per heavy atom. The predicted octanol–water partition coefficient (Wildman–Crippen LogP) is 3.52. The highest BCUT2D eigenvalue weighted by molar-refractivity contribution is 5.72. The van der Waals surface area contributed by atoms with E-state index in [0.29, 0.717) is 25.2 Å². The molecule has 1 aliphatic heterocycles. The standard InChI is InChI=1S/C17H23F2N3/c1-12(20)14-11-13-5-2-3-6-15(13)21-16(14)22-9-4-7-17(18,19)8-10-22/h11H,1-10,20H2. The van der Waals surface area contributed by atoms with Crippen molar-refractivity contribution in [2.45, 2.75) is 50.9 Å². The number of fused-ring (bicyclic) bond motifs is 1. The van der Waals surface area contributed by atoms with E-state index in [9.17, 15) is 8.78 Å². The summed E-state index contributed by atoms with van der Waals surface area (Å²) in [7, 11) is 0. The van der Waals surface area contributed by atoms with Gasteiger partial charge in [-0.25, -0.2) is 13.8 Å². The van der Waals surface area contributed by atoms with Crippen molar-refractivity contribution >= 4 is 11.5 Å². The van der Waals surface area contributed by atoms with Crippen molar-refractivity contribution in [3.8, 4) is 0 Å². The number of hydrogen-bond donors (Lipinski definition) is 1. The summed E-state index contributed by atoms with van der Waals surface area (Å²) >= 11 is 0. The number of anilines is 1. The minimum Gasteiger partial charge on any atom is -0.399 e. The zero-order chi connectivity index (χ0) is 15.7. The quantitative estimate of drug-likeness (QED) is 0.909. The molecule has 120 valence electrons. The second kappa shape index (κ2) is 5.86. The van der Waals surface area contributed by atoms with Crippen LogP contribution in [0.25, 0.3) is 5.70 Å². The van der Waals surface area contributed by atoms with Gasteiger partial charge in [-0.05, 0) is 43.7 Å². The molecular formula is C17H23F2N3. The van der Waals surface area contributed by atoms with Gasteiger partial charge in [-0.1, -0.05) is 6.58 Å². The van der Waals surface area contributed by atoms with Crippen LogP contribution in [0, 0.1) is 0 Å². The zero-order valence-electron chi connectivity index (χ0n) is 12.9. The molecule has 1 aromatic rings. The fourth-order valence-corrected chi connectivity index (χ4v) is 3.38. The lowest BCUT2D eigenvalue weighted by atomic mass is 9.94. The maximum Gasteiger partial charge on any atom is 0.249 e. The summed E-state index contributed by atoms with van der Waals surface area (Å²) in [5.74, 6) is -1.83. The van der Waals surface area contributed by atoms with Crippen molar-refractivity contribution in [3.05, 3.63) is 29.5 Å². The van der Waals surface area contributed by atoms with Crippen LogP contribution in [0.3, 0.4) is 0 Å². The first-order valence-electron chi connectivity index (χ1n) is 8.07. The van der Waals surface area contributed by atoms with Crippen LogP contribution < -0.4 is 10.6 Å². The molecule has 22 heavy (non-hydrogen) atoms. The fourth-order valence-electron chi connectivity index (χ4n) is 3.38. The van der Waals surface area contributed by atoms with Crippen molar-refractivity contribution in [2.75, 3.05) is 18.0 Å². The minimum absolute atomic E-state index is 0.0483. The highest BCUT2D eigenvalue weighted by Gasteiger charge is 2.33. The molecule has 0 aromatic carbocycles. The van der Waals surface area contributed by atoms with Crippen LogP contribution in [0.15, 0.2) is 12.6 Å². The number of nitrogens with two attached hydrogens (primary N) is 1. The van der Waals surface area contributed by atoms with E-state index in [1.807, 2.05) is 4.90 Å². The molecule has 0 atom stereocenters. The van der Waals surface area contributed by atoms with Crippen LogP contribution in [-0.4, -0.2) is 24.0 Å². The molecule has 3 nitrogen and oxygen atoms in total. The molecule has 2 aliphatic rings. The molecule has 1 aromatic heterocycles. The third-order valence-corrected chi connectivity index (χ3v) is 4.64. The van der Waals surface area contributed by atoms with Gasteiger partial charge in [0.1, 0.15) is 5.82 Å². The van der Waals surface area contributed by atoms with Crippen LogP contribution in [0.2, 0.25) is 0 Å². The van der Waals surface area contributed by atoms with Crippen LogP contribution in [-0.2, 0) is 12.8 Å². The normalized spacial score (nSPS) is 21.1. The molecular weight excluding hydrogens is 284 g/mol. The van der Waals surface area contributed by atoms with Crippen LogP contribution in [0.5, 0.6) is 0 Å². The van der Waals surface area contributed by atoms with Gasteiger partial charge < -0.3 is 10.6 Å². The van der Waals surface area contributed by atoms with Crippen molar-refractivity contribution in [1.29, 1.82) is 0 Å². The number of aryl methyl sites for hydroxylation is 2. The lowest BCUT2D eigenvalue weighted by molar-refractivity contribution is -0.0102. The summed E-state index contributed by atoms with van der Waals surface area (Å²) in [5, 5.41) is 0. The smallest absolute Gasteiger partial charge is 0.249 e. The Hall–Kier alpha value is -1.65. The van der Waals surface area contributed by atoms with Gasteiger partial charge in [0, 0.05) is 42.9 Å². The fraction of sp³-hybridized carbons (Fsp3) is 0.588. The van der Waals surface area contributed by atoms with Gasteiger partial charge in [0.25, 0.3) is 0 Å². The number of aromatic nitrogens is 1. The molecule has 5 heteroatoms. The molecule has 0 saturated carbocycles. The summed E-state index contributed by atoms with van der Waals surface area (Å²) < 4.78 is 27.2. The van der Waals surface area contributed by atoms with E-state index in [0.717, 1.165) is 36.3 Å². The number of pyridine rings is 1. The average Bonchev–Trinajstić information content (AvgIpc) is 2.66. The van der Waals surface area contributed by atoms with E-state index in [4.69, 9.17) is 10.7 Å². The topological polar surface area (TPSA) is 42.1 Å². The van der Waals surface area contributed by atoms with E-state index < -0.39 is 5.92 Å². The van der Waals surface area contributed by atoms with Crippen LogP contribution in [0.4, 0.5) is 14.6 Å². The molecule has 1 aliphatic carbocycles. The van der Waals surface area contributed by atoms with E-state index in [2.05, 4.69) is 12.6 Å². The first-order valence-corrected chi connectivity index (χ1v) is 8.07. The zero-order valence-corrected chi connectivity index (χ0v) is 12.9. The molecule has 0 bridgehead atoms. The van der Waals surface area contributed by atoms with E-state index in [-0.39, 0.29) is 12.8 Å². The second-order valence-electron chi connectivity index (χ2n) is 6.39. The van der Waals surface area contributed by atoms with Crippen molar-refractivity contribution < 1.29 is 8.78 Å². The predicted molar refractivity (Wildman–Crippen MR) is 85.1 cm³/mol. The Bertz CT molecular complexity index is 584. The molecule has 2 heterocycles. The van der Waals surface area contributed by atoms with E-state index >= 15 is 0 Å². The summed E-state index contributed by atoms with van der Waals surface area (Å²) in [6, 6.07) is 2.07. The first-order chi connectivity index (χ1) is 10.5.